The van der Waals surface area contributed by atoms with Crippen LogP contribution in [0.5, 0.6) is 5.75 Å². The monoisotopic (exact) mass is 577 g/mol. The molecular formula is C30H35F4N3O2S. The van der Waals surface area contributed by atoms with Crippen molar-refractivity contribution in [2.45, 2.75) is 77.3 Å². The Labute approximate surface area is 236 Å². The zero-order valence-corrected chi connectivity index (χ0v) is 24.4. The molecule has 4 rings (SSSR count). The van der Waals surface area contributed by atoms with Gasteiger partial charge in [-0.2, -0.15) is 13.2 Å². The van der Waals surface area contributed by atoms with Gasteiger partial charge in [-0.05, 0) is 54.0 Å². The van der Waals surface area contributed by atoms with E-state index in [4.69, 9.17) is 4.98 Å². The van der Waals surface area contributed by atoms with Crippen molar-refractivity contribution in [3.05, 3.63) is 63.2 Å². The summed E-state index contributed by atoms with van der Waals surface area (Å²) < 4.78 is 53.4. The molecule has 1 fully saturated rings. The van der Waals surface area contributed by atoms with Crippen LogP contribution >= 0.6 is 11.3 Å². The number of aromatic nitrogens is 1. The van der Waals surface area contributed by atoms with Crippen molar-refractivity contribution in [1.82, 2.24) is 9.88 Å². The van der Waals surface area contributed by atoms with E-state index in [2.05, 4.69) is 46.9 Å². The molecule has 216 valence electrons. The molecule has 0 bridgehead atoms. The number of nitrogens with one attached hydrogen (secondary N) is 1. The van der Waals surface area contributed by atoms with Gasteiger partial charge in [0, 0.05) is 41.1 Å². The van der Waals surface area contributed by atoms with E-state index in [1.807, 2.05) is 17.5 Å². The van der Waals surface area contributed by atoms with Crippen LogP contribution in [0.3, 0.4) is 0 Å². The number of phenolic OH excluding ortho intramolecular Hbond substituents is 1. The summed E-state index contributed by atoms with van der Waals surface area (Å²) in [5.41, 5.74) is 1.27. The number of aromatic hydroxyl groups is 1. The SMILES string of the molecule is CC(C)(C)c1cc(-c2csc(C3CCN(C(=O)Nc4ccc(F)cc4C(F)(F)F)CC3)n2)cc(C(C)(C)C)c1O. The van der Waals surface area contributed by atoms with Gasteiger partial charge in [-0.15, -0.1) is 11.3 Å². The van der Waals surface area contributed by atoms with Crippen LogP contribution in [0.1, 0.15) is 82.0 Å². The number of anilines is 1. The van der Waals surface area contributed by atoms with E-state index in [-0.39, 0.29) is 16.7 Å². The summed E-state index contributed by atoms with van der Waals surface area (Å²) in [6, 6.07) is 5.55. The number of carbonyl (C=O) groups excluding carboxylic acids is 1. The Morgan fingerprint density at radius 2 is 1.55 bits per heavy atom. The highest BCUT2D eigenvalue weighted by Crippen LogP contribution is 2.43. The number of phenols is 1. The molecule has 1 aliphatic rings. The maximum atomic E-state index is 13.4. The summed E-state index contributed by atoms with van der Waals surface area (Å²) in [5, 5.41) is 16.3. The number of rotatable bonds is 3. The predicted molar refractivity (Wildman–Crippen MR) is 151 cm³/mol. The van der Waals surface area contributed by atoms with Crippen molar-refractivity contribution in [3.8, 4) is 17.0 Å². The van der Waals surface area contributed by atoms with Gasteiger partial charge in [-0.25, -0.2) is 14.2 Å². The summed E-state index contributed by atoms with van der Waals surface area (Å²) in [5.74, 6) is -0.598. The van der Waals surface area contributed by atoms with Gasteiger partial charge in [0.2, 0.25) is 0 Å². The largest absolute Gasteiger partial charge is 0.507 e. The molecule has 2 heterocycles. The summed E-state index contributed by atoms with van der Waals surface area (Å²) >= 11 is 1.55. The Morgan fingerprint density at radius 1 is 0.975 bits per heavy atom. The minimum absolute atomic E-state index is 0.112. The average molecular weight is 578 g/mol. The molecule has 2 N–H and O–H groups in total. The number of piperidine rings is 1. The molecule has 0 unspecified atom stereocenters. The van der Waals surface area contributed by atoms with Crippen LogP contribution in [0.4, 0.5) is 28.0 Å². The second-order valence-electron chi connectivity index (χ2n) is 12.4. The minimum Gasteiger partial charge on any atom is -0.507 e. The van der Waals surface area contributed by atoms with Gasteiger partial charge < -0.3 is 15.3 Å². The van der Waals surface area contributed by atoms with E-state index in [1.165, 1.54) is 4.90 Å². The van der Waals surface area contributed by atoms with Crippen LogP contribution in [-0.4, -0.2) is 34.1 Å². The van der Waals surface area contributed by atoms with Gasteiger partial charge in [-0.1, -0.05) is 41.5 Å². The number of alkyl halides is 3. The highest BCUT2D eigenvalue weighted by Gasteiger charge is 2.35. The number of hydrogen-bond donors (Lipinski definition) is 2. The van der Waals surface area contributed by atoms with Gasteiger partial charge >= 0.3 is 12.2 Å². The number of likely N-dealkylation sites (tertiary alicyclic amines) is 1. The normalized spacial score (nSPS) is 15.4. The highest BCUT2D eigenvalue weighted by molar-refractivity contribution is 7.10. The first kappa shape index (κ1) is 29.8. The van der Waals surface area contributed by atoms with E-state index < -0.39 is 29.3 Å². The molecule has 0 spiro atoms. The molecule has 40 heavy (non-hydrogen) atoms. The number of amides is 2. The second-order valence-corrected chi connectivity index (χ2v) is 13.3. The Morgan fingerprint density at radius 3 is 2.08 bits per heavy atom. The van der Waals surface area contributed by atoms with E-state index in [1.54, 1.807) is 11.3 Å². The molecule has 0 saturated carbocycles. The van der Waals surface area contributed by atoms with Gasteiger partial charge in [0.25, 0.3) is 0 Å². The van der Waals surface area contributed by atoms with Crippen molar-refractivity contribution < 1.29 is 27.5 Å². The van der Waals surface area contributed by atoms with Crippen molar-refractivity contribution in [1.29, 1.82) is 0 Å². The lowest BCUT2D eigenvalue weighted by Gasteiger charge is -2.31. The Hall–Kier alpha value is -3.14. The standard InChI is InChI=1S/C30H35F4N3O2S/c1-28(2,3)21-13-18(14-22(25(21)38)29(4,5)6)24-16-40-26(35-24)17-9-11-37(12-10-17)27(39)36-23-8-7-19(31)15-20(23)30(32,33)34/h7-8,13-17,38H,9-12H2,1-6H3,(H,36,39). The van der Waals surface area contributed by atoms with Crippen LogP contribution in [0.2, 0.25) is 0 Å². The third-order valence-corrected chi connectivity index (χ3v) is 8.21. The molecular weight excluding hydrogens is 542 g/mol. The smallest absolute Gasteiger partial charge is 0.418 e. The second kappa shape index (κ2) is 10.7. The lowest BCUT2D eigenvalue weighted by Crippen LogP contribution is -2.40. The number of thiazole rings is 1. The van der Waals surface area contributed by atoms with E-state index >= 15 is 0 Å². The molecule has 1 aromatic heterocycles. The molecule has 0 aliphatic carbocycles. The van der Waals surface area contributed by atoms with E-state index in [0.29, 0.717) is 37.7 Å². The van der Waals surface area contributed by atoms with E-state index in [9.17, 15) is 27.5 Å². The Balaban J connectivity index is 1.48. The highest BCUT2D eigenvalue weighted by atomic mass is 32.1. The van der Waals surface area contributed by atoms with Crippen LogP contribution in [0, 0.1) is 5.82 Å². The Kier molecular flexibility index (Phi) is 7.97. The Bertz CT molecular complexity index is 1360. The van der Waals surface area contributed by atoms with Gasteiger partial charge in [0.1, 0.15) is 11.6 Å². The molecule has 2 amide bonds. The first-order valence-electron chi connectivity index (χ1n) is 13.2. The number of nitrogens with zero attached hydrogens (tertiary/aromatic N) is 2. The fourth-order valence-corrected chi connectivity index (χ4v) is 5.92. The zero-order valence-electron chi connectivity index (χ0n) is 23.5. The molecule has 0 radical (unpaired) electrons. The van der Waals surface area contributed by atoms with Crippen molar-refractivity contribution in [3.63, 3.8) is 0 Å². The van der Waals surface area contributed by atoms with Crippen LogP contribution < -0.4 is 5.32 Å². The van der Waals surface area contributed by atoms with Gasteiger partial charge in [0.05, 0.1) is 22.0 Å². The van der Waals surface area contributed by atoms with Crippen LogP contribution in [0.15, 0.2) is 35.7 Å². The minimum atomic E-state index is -4.79. The van der Waals surface area contributed by atoms with Crippen LogP contribution in [0.25, 0.3) is 11.3 Å². The van der Waals surface area contributed by atoms with Crippen LogP contribution in [-0.2, 0) is 17.0 Å². The number of benzene rings is 2. The quantitative estimate of drug-likeness (QED) is 0.306. The lowest BCUT2D eigenvalue weighted by molar-refractivity contribution is -0.137. The molecule has 1 aliphatic heterocycles. The molecule has 1 saturated heterocycles. The van der Waals surface area contributed by atoms with Gasteiger partial charge in [-0.3, -0.25) is 0 Å². The third-order valence-electron chi connectivity index (χ3n) is 7.20. The topological polar surface area (TPSA) is 65.5 Å². The zero-order chi connectivity index (χ0) is 29.6. The fraction of sp³-hybridized carbons (Fsp3) is 0.467. The first-order chi connectivity index (χ1) is 18.4. The summed E-state index contributed by atoms with van der Waals surface area (Å²) in [4.78, 5) is 19.1. The molecule has 10 heteroatoms. The first-order valence-corrected chi connectivity index (χ1v) is 14.1. The lowest BCUT2D eigenvalue weighted by atomic mass is 9.78. The van der Waals surface area contributed by atoms with Crippen molar-refractivity contribution in [2.24, 2.45) is 0 Å². The average Bonchev–Trinajstić information content (AvgIpc) is 3.33. The van der Waals surface area contributed by atoms with Crippen molar-refractivity contribution >= 4 is 23.1 Å². The molecule has 0 atom stereocenters. The third kappa shape index (κ3) is 6.43. The predicted octanol–water partition coefficient (Wildman–Crippen LogP) is 8.68. The molecule has 5 nitrogen and oxygen atoms in total. The van der Waals surface area contributed by atoms with Gasteiger partial charge in [0.15, 0.2) is 0 Å². The fourth-order valence-electron chi connectivity index (χ4n) is 4.92. The number of urea groups is 1. The van der Waals surface area contributed by atoms with E-state index in [0.717, 1.165) is 39.5 Å². The summed E-state index contributed by atoms with van der Waals surface area (Å²) in [7, 11) is 0. The maximum absolute atomic E-state index is 13.4. The van der Waals surface area contributed by atoms with Crippen molar-refractivity contribution in [2.75, 3.05) is 18.4 Å². The molecule has 2 aromatic carbocycles. The summed E-state index contributed by atoms with van der Waals surface area (Å²) in [6.07, 6.45) is -3.56. The summed E-state index contributed by atoms with van der Waals surface area (Å²) in [6.45, 7) is 13.1. The maximum Gasteiger partial charge on any atom is 0.418 e. The number of carbonyl (C=O) groups is 1. The number of halogens is 4. The molecule has 3 aromatic rings. The number of hydrogen-bond acceptors (Lipinski definition) is 4.